The zero-order valence-electron chi connectivity index (χ0n) is 13.2. The number of anilines is 1. The lowest BCUT2D eigenvalue weighted by molar-refractivity contribution is -0.119. The second-order valence-corrected chi connectivity index (χ2v) is 5.21. The Bertz CT molecular complexity index is 656. The predicted molar refractivity (Wildman–Crippen MR) is 88.8 cm³/mol. The van der Waals surface area contributed by atoms with Gasteiger partial charge in [-0.3, -0.25) is 9.78 Å². The molecule has 0 fully saturated rings. The van der Waals surface area contributed by atoms with Gasteiger partial charge in [0.1, 0.15) is 0 Å². The van der Waals surface area contributed by atoms with Crippen molar-refractivity contribution in [3.8, 4) is 0 Å². The second kappa shape index (κ2) is 7.93. The molecule has 3 N–H and O–H groups in total. The van der Waals surface area contributed by atoms with E-state index in [0.717, 1.165) is 11.1 Å². The molecule has 0 radical (unpaired) electrons. The molecule has 2 rings (SSSR count). The molecule has 0 spiro atoms. The molecule has 0 aliphatic heterocycles. The molecule has 120 valence electrons. The van der Waals surface area contributed by atoms with Crippen molar-refractivity contribution < 1.29 is 9.59 Å². The van der Waals surface area contributed by atoms with Gasteiger partial charge in [-0.05, 0) is 42.3 Å². The third-order valence-electron chi connectivity index (χ3n) is 3.31. The van der Waals surface area contributed by atoms with Crippen LogP contribution in [0.25, 0.3) is 0 Å². The van der Waals surface area contributed by atoms with E-state index >= 15 is 0 Å². The fourth-order valence-corrected chi connectivity index (χ4v) is 2.03. The van der Waals surface area contributed by atoms with Crippen LogP contribution in [0.5, 0.6) is 0 Å². The number of carbonyl (C=O) groups is 2. The molecule has 1 unspecified atom stereocenters. The van der Waals surface area contributed by atoms with Gasteiger partial charge in [-0.1, -0.05) is 12.1 Å². The SMILES string of the molecule is CC(=O)NCc1ccc(NC(=O)NC(C)c2ccncc2)cc1. The third kappa shape index (κ3) is 5.43. The lowest BCUT2D eigenvalue weighted by atomic mass is 10.1. The Morgan fingerprint density at radius 2 is 1.74 bits per heavy atom. The number of nitrogens with zero attached hydrogens (tertiary/aromatic N) is 1. The van der Waals surface area contributed by atoms with Gasteiger partial charge < -0.3 is 16.0 Å². The van der Waals surface area contributed by atoms with E-state index in [0.29, 0.717) is 12.2 Å². The predicted octanol–water partition coefficient (Wildman–Crippen LogP) is 2.60. The molecular weight excluding hydrogens is 292 g/mol. The van der Waals surface area contributed by atoms with Gasteiger partial charge in [0.15, 0.2) is 0 Å². The van der Waals surface area contributed by atoms with E-state index in [2.05, 4.69) is 20.9 Å². The molecular formula is C17H20N4O2. The van der Waals surface area contributed by atoms with Crippen LogP contribution < -0.4 is 16.0 Å². The minimum Gasteiger partial charge on any atom is -0.352 e. The van der Waals surface area contributed by atoms with Crippen molar-refractivity contribution in [2.45, 2.75) is 26.4 Å². The molecule has 6 nitrogen and oxygen atoms in total. The average Bonchev–Trinajstić information content (AvgIpc) is 2.55. The fraction of sp³-hybridized carbons (Fsp3) is 0.235. The molecule has 0 bridgehead atoms. The Morgan fingerprint density at radius 3 is 2.35 bits per heavy atom. The zero-order valence-corrected chi connectivity index (χ0v) is 13.2. The summed E-state index contributed by atoms with van der Waals surface area (Å²) >= 11 is 0. The maximum atomic E-state index is 12.0. The van der Waals surface area contributed by atoms with Crippen LogP contribution in [-0.2, 0) is 11.3 Å². The lowest BCUT2D eigenvalue weighted by Gasteiger charge is -2.15. The number of hydrogen-bond donors (Lipinski definition) is 3. The number of rotatable bonds is 5. The molecule has 1 aromatic carbocycles. The van der Waals surface area contributed by atoms with E-state index in [-0.39, 0.29) is 18.0 Å². The van der Waals surface area contributed by atoms with Crippen molar-refractivity contribution in [3.63, 3.8) is 0 Å². The largest absolute Gasteiger partial charge is 0.352 e. The van der Waals surface area contributed by atoms with Crippen LogP contribution in [0.2, 0.25) is 0 Å². The zero-order chi connectivity index (χ0) is 16.7. The van der Waals surface area contributed by atoms with E-state index in [1.54, 1.807) is 24.5 Å². The summed E-state index contributed by atoms with van der Waals surface area (Å²) in [5.41, 5.74) is 2.65. The van der Waals surface area contributed by atoms with Crippen LogP contribution in [0.1, 0.15) is 31.0 Å². The van der Waals surface area contributed by atoms with Gasteiger partial charge in [0, 0.05) is 31.5 Å². The van der Waals surface area contributed by atoms with Gasteiger partial charge in [0.25, 0.3) is 0 Å². The van der Waals surface area contributed by atoms with Crippen LogP contribution in [0.15, 0.2) is 48.8 Å². The smallest absolute Gasteiger partial charge is 0.319 e. The van der Waals surface area contributed by atoms with E-state index in [1.807, 2.05) is 31.2 Å². The number of benzene rings is 1. The normalized spacial score (nSPS) is 11.4. The van der Waals surface area contributed by atoms with Gasteiger partial charge >= 0.3 is 6.03 Å². The molecule has 23 heavy (non-hydrogen) atoms. The molecule has 1 aromatic heterocycles. The summed E-state index contributed by atoms with van der Waals surface area (Å²) in [5, 5.41) is 8.37. The average molecular weight is 312 g/mol. The van der Waals surface area contributed by atoms with Crippen LogP contribution in [-0.4, -0.2) is 16.9 Å². The summed E-state index contributed by atoms with van der Waals surface area (Å²) in [6.45, 7) is 3.86. The third-order valence-corrected chi connectivity index (χ3v) is 3.31. The number of pyridine rings is 1. The molecule has 0 aliphatic rings. The van der Waals surface area contributed by atoms with Gasteiger partial charge in [-0.2, -0.15) is 0 Å². The maximum Gasteiger partial charge on any atom is 0.319 e. The summed E-state index contributed by atoms with van der Waals surface area (Å²) < 4.78 is 0. The monoisotopic (exact) mass is 312 g/mol. The molecule has 0 aliphatic carbocycles. The minimum absolute atomic E-state index is 0.0725. The topological polar surface area (TPSA) is 83.1 Å². The Morgan fingerprint density at radius 1 is 1.09 bits per heavy atom. The van der Waals surface area contributed by atoms with Gasteiger partial charge in [0.05, 0.1) is 6.04 Å². The summed E-state index contributed by atoms with van der Waals surface area (Å²) in [7, 11) is 0. The van der Waals surface area contributed by atoms with Crippen molar-refractivity contribution in [3.05, 3.63) is 59.9 Å². The number of hydrogen-bond acceptors (Lipinski definition) is 3. The first-order valence-electron chi connectivity index (χ1n) is 7.35. The summed E-state index contributed by atoms with van der Waals surface area (Å²) in [6, 6.07) is 10.7. The maximum absolute atomic E-state index is 12.0. The standard InChI is InChI=1S/C17H20N4O2/c1-12(15-7-9-18-10-8-15)20-17(23)21-16-5-3-14(4-6-16)11-19-13(2)22/h3-10,12H,11H2,1-2H3,(H,19,22)(H2,20,21,23). The quantitative estimate of drug-likeness (QED) is 0.793. The number of aromatic nitrogens is 1. The van der Waals surface area contributed by atoms with E-state index in [9.17, 15) is 9.59 Å². The number of amides is 3. The number of nitrogens with one attached hydrogen (secondary N) is 3. The highest BCUT2D eigenvalue weighted by molar-refractivity contribution is 5.89. The summed E-state index contributed by atoms with van der Waals surface area (Å²) in [6.07, 6.45) is 3.39. The van der Waals surface area contributed by atoms with Crippen LogP contribution in [0.4, 0.5) is 10.5 Å². The highest BCUT2D eigenvalue weighted by Crippen LogP contribution is 2.12. The van der Waals surface area contributed by atoms with Crippen molar-refractivity contribution >= 4 is 17.6 Å². The van der Waals surface area contributed by atoms with E-state index in [4.69, 9.17) is 0 Å². The van der Waals surface area contributed by atoms with Crippen molar-refractivity contribution in [1.82, 2.24) is 15.6 Å². The first-order valence-corrected chi connectivity index (χ1v) is 7.35. The Balaban J connectivity index is 1.86. The first-order chi connectivity index (χ1) is 11.0. The molecule has 6 heteroatoms. The molecule has 0 saturated heterocycles. The summed E-state index contributed by atoms with van der Waals surface area (Å²) in [4.78, 5) is 26.8. The highest BCUT2D eigenvalue weighted by Gasteiger charge is 2.09. The molecule has 2 aromatic rings. The molecule has 0 saturated carbocycles. The van der Waals surface area contributed by atoms with Crippen LogP contribution >= 0.6 is 0 Å². The molecule has 1 atom stereocenters. The van der Waals surface area contributed by atoms with Crippen LogP contribution in [0, 0.1) is 0 Å². The fourth-order valence-electron chi connectivity index (χ4n) is 2.03. The van der Waals surface area contributed by atoms with Crippen molar-refractivity contribution in [1.29, 1.82) is 0 Å². The van der Waals surface area contributed by atoms with Gasteiger partial charge in [0.2, 0.25) is 5.91 Å². The second-order valence-electron chi connectivity index (χ2n) is 5.21. The summed E-state index contributed by atoms with van der Waals surface area (Å²) in [5.74, 6) is -0.0725. The van der Waals surface area contributed by atoms with Gasteiger partial charge in [-0.15, -0.1) is 0 Å². The van der Waals surface area contributed by atoms with E-state index in [1.165, 1.54) is 6.92 Å². The molecule has 3 amide bonds. The molecule has 1 heterocycles. The highest BCUT2D eigenvalue weighted by atomic mass is 16.2. The number of carbonyl (C=O) groups excluding carboxylic acids is 2. The van der Waals surface area contributed by atoms with E-state index < -0.39 is 0 Å². The van der Waals surface area contributed by atoms with Gasteiger partial charge in [-0.25, -0.2) is 4.79 Å². The van der Waals surface area contributed by atoms with Crippen LogP contribution in [0.3, 0.4) is 0 Å². The number of urea groups is 1. The first kappa shape index (κ1) is 16.5. The Kier molecular flexibility index (Phi) is 5.68. The Hall–Kier alpha value is -2.89. The minimum atomic E-state index is -0.274. The van der Waals surface area contributed by atoms with Crippen molar-refractivity contribution in [2.24, 2.45) is 0 Å². The Labute approximate surface area is 135 Å². The lowest BCUT2D eigenvalue weighted by Crippen LogP contribution is -2.31. The van der Waals surface area contributed by atoms with Crippen molar-refractivity contribution in [2.75, 3.05) is 5.32 Å².